The molecule has 0 amide bonds. The predicted octanol–water partition coefficient (Wildman–Crippen LogP) is 4.51. The summed E-state index contributed by atoms with van der Waals surface area (Å²) in [5, 5.41) is 4.62. The molecule has 30 heavy (non-hydrogen) atoms. The van der Waals surface area contributed by atoms with Gasteiger partial charge in [0.2, 0.25) is 0 Å². The first kappa shape index (κ1) is 18.5. The van der Waals surface area contributed by atoms with Crippen LogP contribution >= 0.6 is 0 Å². The van der Waals surface area contributed by atoms with Crippen molar-refractivity contribution in [1.82, 2.24) is 14.7 Å². The molecule has 0 atom stereocenters. The van der Waals surface area contributed by atoms with Crippen LogP contribution in [0.3, 0.4) is 0 Å². The lowest BCUT2D eigenvalue weighted by atomic mass is 9.96. The Morgan fingerprint density at radius 2 is 2.03 bits per heavy atom. The first-order valence-electron chi connectivity index (χ1n) is 10.3. The maximum atomic E-state index is 13.7. The molecule has 4 heterocycles. The summed E-state index contributed by atoms with van der Waals surface area (Å²) in [5.74, 6) is 0.363. The van der Waals surface area contributed by atoms with Gasteiger partial charge in [0.25, 0.3) is 11.6 Å². The molecule has 0 aromatic carbocycles. The summed E-state index contributed by atoms with van der Waals surface area (Å²) in [4.78, 5) is 23.0. The van der Waals surface area contributed by atoms with E-state index in [9.17, 15) is 4.79 Å². The van der Waals surface area contributed by atoms with Crippen LogP contribution in [0, 0.1) is 6.92 Å². The lowest BCUT2D eigenvalue weighted by Gasteiger charge is -2.18. The lowest BCUT2D eigenvalue weighted by Crippen LogP contribution is -2.29. The van der Waals surface area contributed by atoms with E-state index in [4.69, 9.17) is 13.9 Å². The van der Waals surface area contributed by atoms with E-state index < -0.39 is 0 Å². The number of furan rings is 1. The molecule has 4 aromatic rings. The van der Waals surface area contributed by atoms with Gasteiger partial charge < -0.3 is 8.94 Å². The first-order chi connectivity index (χ1) is 14.7. The highest BCUT2D eigenvalue weighted by Gasteiger charge is 2.22. The number of rotatable bonds is 3. The molecule has 0 N–H and O–H groups in total. The average molecular weight is 402 g/mol. The van der Waals surface area contributed by atoms with Gasteiger partial charge in [-0.3, -0.25) is 14.4 Å². The zero-order valence-electron chi connectivity index (χ0n) is 16.7. The van der Waals surface area contributed by atoms with E-state index in [-0.39, 0.29) is 11.9 Å². The van der Waals surface area contributed by atoms with Crippen molar-refractivity contribution in [3.05, 3.63) is 65.6 Å². The van der Waals surface area contributed by atoms with Crippen molar-refractivity contribution in [3.8, 4) is 11.5 Å². The van der Waals surface area contributed by atoms with E-state index in [1.807, 2.05) is 18.2 Å². The number of aryl methyl sites for hydroxylation is 1. The third-order valence-corrected chi connectivity index (χ3v) is 5.57. The maximum Gasteiger partial charge on any atom is 0.264 e. The SMILES string of the molecule is Cc1noc2nc(-c3ccco3)cc(C(=O)n3ccccc3=NC3CCCCC3)c12. The van der Waals surface area contributed by atoms with Crippen LogP contribution in [0.1, 0.15) is 48.2 Å². The Morgan fingerprint density at radius 1 is 1.17 bits per heavy atom. The van der Waals surface area contributed by atoms with Crippen LogP contribution in [-0.2, 0) is 0 Å². The molecule has 1 aliphatic rings. The molecule has 0 bridgehead atoms. The van der Waals surface area contributed by atoms with Crippen molar-refractivity contribution in [2.45, 2.75) is 45.1 Å². The smallest absolute Gasteiger partial charge is 0.264 e. The summed E-state index contributed by atoms with van der Waals surface area (Å²) in [6, 6.07) is 11.2. The largest absolute Gasteiger partial charge is 0.463 e. The highest BCUT2D eigenvalue weighted by molar-refractivity contribution is 6.07. The number of aromatic nitrogens is 3. The van der Waals surface area contributed by atoms with Crippen LogP contribution in [0.5, 0.6) is 0 Å². The van der Waals surface area contributed by atoms with Gasteiger partial charge in [0.15, 0.2) is 5.76 Å². The van der Waals surface area contributed by atoms with Gasteiger partial charge in [-0.25, -0.2) is 4.98 Å². The number of hydrogen-bond donors (Lipinski definition) is 0. The minimum absolute atomic E-state index is 0.198. The monoisotopic (exact) mass is 402 g/mol. The van der Waals surface area contributed by atoms with Gasteiger partial charge in [-0.15, -0.1) is 0 Å². The molecule has 0 spiro atoms. The average Bonchev–Trinajstić information content (AvgIpc) is 3.44. The highest BCUT2D eigenvalue weighted by atomic mass is 16.5. The standard InChI is InChI=1S/C23H22N4O3/c1-15-21-17(14-18(19-10-7-13-29-19)25-22(21)30-26-15)23(28)27-12-6-5-11-20(27)24-16-8-3-2-4-9-16/h5-7,10-14,16H,2-4,8-9H2,1H3. The lowest BCUT2D eigenvalue weighted by molar-refractivity contribution is 0.0956. The predicted molar refractivity (Wildman–Crippen MR) is 111 cm³/mol. The molecular formula is C23H22N4O3. The summed E-state index contributed by atoms with van der Waals surface area (Å²) < 4.78 is 12.5. The molecule has 0 aliphatic heterocycles. The Balaban J connectivity index is 1.65. The van der Waals surface area contributed by atoms with Crippen LogP contribution < -0.4 is 5.49 Å². The van der Waals surface area contributed by atoms with Crippen molar-refractivity contribution in [2.24, 2.45) is 4.99 Å². The maximum absolute atomic E-state index is 13.7. The molecule has 5 rings (SSSR count). The Bertz CT molecular complexity index is 1260. The number of carbonyl (C=O) groups is 1. The van der Waals surface area contributed by atoms with Crippen LogP contribution in [0.25, 0.3) is 22.6 Å². The molecule has 7 heteroatoms. The summed E-state index contributed by atoms with van der Waals surface area (Å²) in [5.41, 5.74) is 2.57. The first-order valence-corrected chi connectivity index (χ1v) is 10.3. The second-order valence-corrected chi connectivity index (χ2v) is 7.64. The molecule has 152 valence electrons. The zero-order chi connectivity index (χ0) is 20.5. The summed E-state index contributed by atoms with van der Waals surface area (Å²) >= 11 is 0. The molecular weight excluding hydrogens is 380 g/mol. The molecule has 7 nitrogen and oxygen atoms in total. The number of carbonyl (C=O) groups excluding carboxylic acids is 1. The van der Waals surface area contributed by atoms with Crippen molar-refractivity contribution in [1.29, 1.82) is 0 Å². The van der Waals surface area contributed by atoms with Gasteiger partial charge in [0, 0.05) is 6.20 Å². The molecule has 0 radical (unpaired) electrons. The van der Waals surface area contributed by atoms with Gasteiger partial charge in [0.05, 0.1) is 28.9 Å². The summed E-state index contributed by atoms with van der Waals surface area (Å²) in [6.07, 6.45) is 9.09. The number of nitrogens with zero attached hydrogens (tertiary/aromatic N) is 4. The fraction of sp³-hybridized carbons (Fsp3) is 0.304. The van der Waals surface area contributed by atoms with Gasteiger partial charge in [-0.1, -0.05) is 30.5 Å². The molecule has 1 fully saturated rings. The van der Waals surface area contributed by atoms with E-state index in [1.165, 1.54) is 19.3 Å². The van der Waals surface area contributed by atoms with Crippen molar-refractivity contribution in [3.63, 3.8) is 0 Å². The molecule has 1 saturated carbocycles. The fourth-order valence-electron chi connectivity index (χ4n) is 4.05. The van der Waals surface area contributed by atoms with Gasteiger partial charge in [-0.05, 0) is 50.1 Å². The minimum atomic E-state index is -0.198. The third kappa shape index (κ3) is 3.36. The summed E-state index contributed by atoms with van der Waals surface area (Å²) in [7, 11) is 0. The second-order valence-electron chi connectivity index (χ2n) is 7.64. The number of fused-ring (bicyclic) bond motifs is 1. The minimum Gasteiger partial charge on any atom is -0.463 e. The zero-order valence-corrected chi connectivity index (χ0v) is 16.7. The van der Waals surface area contributed by atoms with Crippen LogP contribution in [0.2, 0.25) is 0 Å². The number of pyridine rings is 2. The van der Waals surface area contributed by atoms with Crippen molar-refractivity contribution in [2.75, 3.05) is 0 Å². The van der Waals surface area contributed by atoms with Crippen LogP contribution in [-0.4, -0.2) is 26.7 Å². The van der Waals surface area contributed by atoms with Crippen LogP contribution in [0.15, 0.2) is 62.8 Å². The van der Waals surface area contributed by atoms with Gasteiger partial charge in [-0.2, -0.15) is 0 Å². The van der Waals surface area contributed by atoms with Gasteiger partial charge in [0.1, 0.15) is 11.2 Å². The van der Waals surface area contributed by atoms with E-state index in [0.717, 1.165) is 12.8 Å². The highest BCUT2D eigenvalue weighted by Crippen LogP contribution is 2.27. The molecule has 0 saturated heterocycles. The fourth-order valence-corrected chi connectivity index (χ4v) is 4.05. The third-order valence-electron chi connectivity index (χ3n) is 5.57. The van der Waals surface area contributed by atoms with E-state index in [1.54, 1.807) is 42.1 Å². The Morgan fingerprint density at radius 3 is 2.83 bits per heavy atom. The van der Waals surface area contributed by atoms with E-state index >= 15 is 0 Å². The van der Waals surface area contributed by atoms with Gasteiger partial charge >= 0.3 is 0 Å². The van der Waals surface area contributed by atoms with Crippen LogP contribution in [0.4, 0.5) is 0 Å². The number of hydrogen-bond acceptors (Lipinski definition) is 6. The molecule has 1 aliphatic carbocycles. The van der Waals surface area contributed by atoms with E-state index in [2.05, 4.69) is 10.1 Å². The van der Waals surface area contributed by atoms with Crippen molar-refractivity contribution < 1.29 is 13.7 Å². The Kier molecular flexibility index (Phi) is 4.78. The van der Waals surface area contributed by atoms with E-state index in [0.29, 0.717) is 39.3 Å². The topological polar surface area (TPSA) is 86.4 Å². The Labute approximate surface area is 173 Å². The Hall–Kier alpha value is -3.48. The second kappa shape index (κ2) is 7.74. The molecule has 0 unspecified atom stereocenters. The molecule has 4 aromatic heterocycles. The summed E-state index contributed by atoms with van der Waals surface area (Å²) in [6.45, 7) is 1.81. The normalized spacial score (nSPS) is 15.7. The quantitative estimate of drug-likeness (QED) is 0.503. The van der Waals surface area contributed by atoms with Crippen molar-refractivity contribution >= 4 is 17.0 Å².